The molecule has 172 valence electrons. The summed E-state index contributed by atoms with van der Waals surface area (Å²) in [6.07, 6.45) is 6.17. The Morgan fingerprint density at radius 2 is 1.91 bits per heavy atom. The van der Waals surface area contributed by atoms with Crippen LogP contribution < -0.4 is 10.1 Å². The van der Waals surface area contributed by atoms with Crippen LogP contribution in [0.1, 0.15) is 47.0 Å². The molecule has 33 heavy (non-hydrogen) atoms. The Morgan fingerprint density at radius 3 is 2.61 bits per heavy atom. The SMILES string of the molecule is CCC(=O)c1cccc(OCC2CCI(c3ccc(NC(=O)c4ccccn4)cn3)CC2)c1. The van der Waals surface area contributed by atoms with Gasteiger partial charge in [-0.2, -0.15) is 0 Å². The van der Waals surface area contributed by atoms with Gasteiger partial charge in [0.1, 0.15) is 0 Å². The van der Waals surface area contributed by atoms with E-state index < -0.39 is 19.8 Å². The molecule has 0 saturated carbocycles. The number of aromatic nitrogens is 2. The van der Waals surface area contributed by atoms with Gasteiger partial charge in [0.15, 0.2) is 0 Å². The van der Waals surface area contributed by atoms with E-state index in [1.54, 1.807) is 30.6 Å². The number of amides is 1. The Balaban J connectivity index is 1.25. The number of nitrogens with one attached hydrogen (secondary N) is 1. The van der Waals surface area contributed by atoms with Gasteiger partial charge in [0.05, 0.1) is 0 Å². The number of pyridine rings is 2. The van der Waals surface area contributed by atoms with Gasteiger partial charge in [0.25, 0.3) is 0 Å². The number of ketones is 1. The summed E-state index contributed by atoms with van der Waals surface area (Å²) in [6, 6.07) is 16.8. The van der Waals surface area contributed by atoms with Gasteiger partial charge in [-0.25, -0.2) is 0 Å². The second kappa shape index (κ2) is 11.4. The first-order valence-corrected chi connectivity index (χ1v) is 15.3. The molecule has 1 amide bonds. The summed E-state index contributed by atoms with van der Waals surface area (Å²) in [4.78, 5) is 32.9. The van der Waals surface area contributed by atoms with Gasteiger partial charge in [-0.1, -0.05) is 0 Å². The van der Waals surface area contributed by atoms with Gasteiger partial charge >= 0.3 is 202 Å². The number of anilines is 1. The molecule has 1 N–H and O–H groups in total. The van der Waals surface area contributed by atoms with Crippen LogP contribution >= 0.6 is 19.8 Å². The number of carbonyl (C=O) groups is 2. The average molecular weight is 557 g/mol. The third kappa shape index (κ3) is 6.37. The molecule has 6 nitrogen and oxygen atoms in total. The van der Waals surface area contributed by atoms with E-state index >= 15 is 0 Å². The number of rotatable bonds is 8. The Labute approximate surface area is 201 Å². The fraction of sp³-hybridized carbons (Fsp3) is 0.308. The molecule has 3 heterocycles. The molecule has 1 aliphatic heterocycles. The zero-order valence-electron chi connectivity index (χ0n) is 18.7. The predicted molar refractivity (Wildman–Crippen MR) is 138 cm³/mol. The van der Waals surface area contributed by atoms with Gasteiger partial charge in [0, 0.05) is 0 Å². The summed E-state index contributed by atoms with van der Waals surface area (Å²) in [6.45, 7) is 2.57. The number of ether oxygens (including phenoxy) is 1. The normalized spacial score (nSPS) is 15.1. The number of hydrogen-bond acceptors (Lipinski definition) is 5. The van der Waals surface area contributed by atoms with Crippen LogP contribution in [0.5, 0.6) is 5.75 Å². The van der Waals surface area contributed by atoms with Crippen LogP contribution in [-0.4, -0.2) is 37.1 Å². The molecule has 0 atom stereocenters. The quantitative estimate of drug-likeness (QED) is 0.172. The second-order valence-corrected chi connectivity index (χ2v) is 13.8. The minimum absolute atomic E-state index is 0.141. The molecule has 0 bridgehead atoms. The van der Waals surface area contributed by atoms with E-state index in [0.29, 0.717) is 30.3 Å². The third-order valence-corrected chi connectivity index (χ3v) is 11.7. The van der Waals surface area contributed by atoms with Crippen molar-refractivity contribution in [2.24, 2.45) is 5.92 Å². The van der Waals surface area contributed by atoms with Crippen LogP contribution in [-0.2, 0) is 0 Å². The van der Waals surface area contributed by atoms with Crippen molar-refractivity contribution in [3.05, 3.63) is 81.9 Å². The van der Waals surface area contributed by atoms with Crippen molar-refractivity contribution in [2.75, 3.05) is 20.8 Å². The molecule has 1 aromatic carbocycles. The van der Waals surface area contributed by atoms with Crippen LogP contribution in [0.4, 0.5) is 5.69 Å². The van der Waals surface area contributed by atoms with E-state index in [0.717, 1.165) is 24.2 Å². The van der Waals surface area contributed by atoms with Gasteiger partial charge < -0.3 is 0 Å². The maximum absolute atomic E-state index is 12.2. The Bertz CT molecular complexity index is 1080. The number of carbonyl (C=O) groups excluding carboxylic acids is 2. The Morgan fingerprint density at radius 1 is 1.06 bits per heavy atom. The maximum atomic E-state index is 12.2. The van der Waals surface area contributed by atoms with Crippen molar-refractivity contribution in [1.82, 2.24) is 9.97 Å². The van der Waals surface area contributed by atoms with Crippen LogP contribution in [0.25, 0.3) is 0 Å². The zero-order valence-corrected chi connectivity index (χ0v) is 20.8. The first-order valence-electron chi connectivity index (χ1n) is 11.2. The van der Waals surface area contributed by atoms with Crippen LogP contribution in [0, 0.1) is 9.62 Å². The Kier molecular flexibility index (Phi) is 8.04. The van der Waals surface area contributed by atoms with Crippen molar-refractivity contribution in [3.8, 4) is 5.75 Å². The number of alkyl halides is 2. The molecule has 4 rings (SSSR count). The first-order chi connectivity index (χ1) is 16.1. The van der Waals surface area contributed by atoms with E-state index in [1.165, 1.54) is 12.6 Å². The first kappa shape index (κ1) is 23.4. The monoisotopic (exact) mass is 557 g/mol. The van der Waals surface area contributed by atoms with E-state index in [2.05, 4.69) is 21.4 Å². The summed E-state index contributed by atoms with van der Waals surface area (Å²) in [5, 5.41) is 2.86. The van der Waals surface area contributed by atoms with Gasteiger partial charge in [0.2, 0.25) is 0 Å². The van der Waals surface area contributed by atoms with E-state index in [4.69, 9.17) is 4.74 Å². The van der Waals surface area contributed by atoms with Crippen LogP contribution in [0.2, 0.25) is 0 Å². The van der Waals surface area contributed by atoms with Crippen LogP contribution in [0.3, 0.4) is 0 Å². The molecular weight excluding hydrogens is 529 g/mol. The summed E-state index contributed by atoms with van der Waals surface area (Å²) >= 11 is -1.29. The fourth-order valence-corrected chi connectivity index (χ4v) is 9.78. The molecule has 0 radical (unpaired) electrons. The molecule has 1 saturated heterocycles. The third-order valence-electron chi connectivity index (χ3n) is 5.61. The zero-order chi connectivity index (χ0) is 23.0. The molecule has 0 unspecified atom stereocenters. The predicted octanol–water partition coefficient (Wildman–Crippen LogP) is 5.49. The second-order valence-electron chi connectivity index (χ2n) is 7.93. The number of nitrogens with zero attached hydrogens (tertiary/aromatic N) is 2. The van der Waals surface area contributed by atoms with Crippen molar-refractivity contribution in [2.45, 2.75) is 26.2 Å². The van der Waals surface area contributed by atoms with Crippen molar-refractivity contribution in [1.29, 1.82) is 0 Å². The molecule has 1 fully saturated rings. The van der Waals surface area contributed by atoms with Gasteiger partial charge in [-0.3, -0.25) is 0 Å². The number of benzene rings is 1. The average Bonchev–Trinajstić information content (AvgIpc) is 2.88. The van der Waals surface area contributed by atoms with E-state index in [1.807, 2.05) is 37.3 Å². The molecular formula is C26H28IN3O3. The van der Waals surface area contributed by atoms with Gasteiger partial charge in [-0.05, 0) is 0 Å². The Hall–Kier alpha value is -2.81. The van der Waals surface area contributed by atoms with Crippen LogP contribution in [0.15, 0.2) is 67.0 Å². The molecule has 7 heteroatoms. The summed E-state index contributed by atoms with van der Waals surface area (Å²) in [5.74, 6) is 1.23. The number of halogens is 1. The summed E-state index contributed by atoms with van der Waals surface area (Å²) < 4.78 is 9.68. The fourth-order valence-electron chi connectivity index (χ4n) is 3.65. The van der Waals surface area contributed by atoms with Crippen molar-refractivity contribution < 1.29 is 14.3 Å². The van der Waals surface area contributed by atoms with Crippen molar-refractivity contribution in [3.63, 3.8) is 0 Å². The molecule has 0 aliphatic carbocycles. The number of Topliss-reactive ketones (excluding diaryl/α,β-unsaturated/α-hetero) is 1. The van der Waals surface area contributed by atoms with E-state index in [9.17, 15) is 9.59 Å². The molecule has 1 aliphatic rings. The molecule has 3 aromatic rings. The molecule has 0 spiro atoms. The topological polar surface area (TPSA) is 81.2 Å². The molecule has 2 aromatic heterocycles. The van der Waals surface area contributed by atoms with Gasteiger partial charge in [-0.15, -0.1) is 0 Å². The van der Waals surface area contributed by atoms with E-state index in [-0.39, 0.29) is 11.7 Å². The van der Waals surface area contributed by atoms with Crippen molar-refractivity contribution >= 4 is 37.2 Å². The number of hydrogen-bond donors (Lipinski definition) is 1. The summed E-state index contributed by atoms with van der Waals surface area (Å²) in [5.41, 5.74) is 1.80. The minimum atomic E-state index is -1.29. The summed E-state index contributed by atoms with van der Waals surface area (Å²) in [7, 11) is 0. The standard InChI is InChI=1S/C26H28IN3O3/c1-2-24(31)20-6-5-7-22(16-20)33-18-19-11-13-27(14-12-19)25-10-9-21(17-29-25)30-26(32)23-8-3-4-15-28-23/h3-10,15-17,19H,2,11-14,18H2,1H3,(H,30,32).